The van der Waals surface area contributed by atoms with Gasteiger partial charge in [0, 0.05) is 4.88 Å². The van der Waals surface area contributed by atoms with Crippen molar-refractivity contribution in [2.24, 2.45) is 5.73 Å². The van der Waals surface area contributed by atoms with Crippen molar-refractivity contribution in [2.75, 3.05) is 0 Å². The predicted molar refractivity (Wildman–Crippen MR) is 50.6 cm³/mol. The standard InChI is InChI=1S/C8H9NO4S/c1-3-2-4(5(9)7(10)11)14-6(3)8(12)13/h2,5H,9H2,1H3,(H,10,11)(H,12,13)/t5-/m0/s1. The van der Waals surface area contributed by atoms with E-state index in [-0.39, 0.29) is 4.88 Å². The number of aryl methyl sites for hydroxylation is 1. The molecule has 0 unspecified atom stereocenters. The fraction of sp³-hybridized carbons (Fsp3) is 0.250. The van der Waals surface area contributed by atoms with Gasteiger partial charge in [0.25, 0.3) is 0 Å². The second-order valence-corrected chi connectivity index (χ2v) is 3.87. The molecule has 0 aliphatic carbocycles. The van der Waals surface area contributed by atoms with Crippen molar-refractivity contribution >= 4 is 23.3 Å². The van der Waals surface area contributed by atoms with Crippen LogP contribution in [0.1, 0.15) is 26.2 Å². The van der Waals surface area contributed by atoms with Gasteiger partial charge in [0.1, 0.15) is 10.9 Å². The number of hydrogen-bond acceptors (Lipinski definition) is 4. The first-order valence-electron chi connectivity index (χ1n) is 3.75. The molecule has 0 fully saturated rings. The van der Waals surface area contributed by atoms with Crippen LogP contribution in [0.2, 0.25) is 0 Å². The smallest absolute Gasteiger partial charge is 0.346 e. The lowest BCUT2D eigenvalue weighted by atomic mass is 10.2. The molecule has 0 aromatic carbocycles. The minimum Gasteiger partial charge on any atom is -0.480 e. The van der Waals surface area contributed by atoms with E-state index in [0.29, 0.717) is 10.4 Å². The Morgan fingerprint density at radius 1 is 1.50 bits per heavy atom. The van der Waals surface area contributed by atoms with Crippen molar-refractivity contribution in [1.29, 1.82) is 0 Å². The number of thiophene rings is 1. The van der Waals surface area contributed by atoms with E-state index in [4.69, 9.17) is 15.9 Å². The van der Waals surface area contributed by atoms with E-state index in [0.717, 1.165) is 11.3 Å². The third-order valence-corrected chi connectivity index (χ3v) is 3.01. The largest absolute Gasteiger partial charge is 0.480 e. The molecule has 1 atom stereocenters. The SMILES string of the molecule is Cc1cc([C@H](N)C(=O)O)sc1C(=O)O. The minimum absolute atomic E-state index is 0.136. The highest BCUT2D eigenvalue weighted by Gasteiger charge is 2.20. The summed E-state index contributed by atoms with van der Waals surface area (Å²) in [4.78, 5) is 21.7. The lowest BCUT2D eigenvalue weighted by molar-refractivity contribution is -0.138. The van der Waals surface area contributed by atoms with E-state index in [1.54, 1.807) is 6.92 Å². The lowest BCUT2D eigenvalue weighted by Gasteiger charge is -2.00. The van der Waals surface area contributed by atoms with E-state index >= 15 is 0 Å². The van der Waals surface area contributed by atoms with Gasteiger partial charge in [-0.1, -0.05) is 0 Å². The van der Waals surface area contributed by atoms with E-state index < -0.39 is 18.0 Å². The van der Waals surface area contributed by atoms with Crippen molar-refractivity contribution in [3.05, 3.63) is 21.4 Å². The fourth-order valence-corrected chi connectivity index (χ4v) is 2.00. The Morgan fingerprint density at radius 2 is 2.07 bits per heavy atom. The molecule has 0 amide bonds. The molecule has 76 valence electrons. The van der Waals surface area contributed by atoms with Gasteiger partial charge in [-0.2, -0.15) is 0 Å². The average Bonchev–Trinajstić information content (AvgIpc) is 2.45. The topological polar surface area (TPSA) is 101 Å². The summed E-state index contributed by atoms with van der Waals surface area (Å²) >= 11 is 0.899. The zero-order valence-corrected chi connectivity index (χ0v) is 8.17. The van der Waals surface area contributed by atoms with Crippen LogP contribution in [0.4, 0.5) is 0 Å². The molecule has 4 N–H and O–H groups in total. The van der Waals surface area contributed by atoms with Crippen LogP contribution >= 0.6 is 11.3 Å². The highest BCUT2D eigenvalue weighted by molar-refractivity contribution is 7.14. The summed E-state index contributed by atoms with van der Waals surface area (Å²) in [5, 5.41) is 17.3. The molecule has 1 aromatic heterocycles. The highest BCUT2D eigenvalue weighted by Crippen LogP contribution is 2.26. The second kappa shape index (κ2) is 3.77. The van der Waals surface area contributed by atoms with Gasteiger partial charge in [-0.05, 0) is 18.6 Å². The molecule has 0 spiro atoms. The zero-order chi connectivity index (χ0) is 10.9. The van der Waals surface area contributed by atoms with Crippen LogP contribution in [0.3, 0.4) is 0 Å². The van der Waals surface area contributed by atoms with E-state index in [1.165, 1.54) is 6.07 Å². The van der Waals surface area contributed by atoms with Crippen molar-refractivity contribution in [1.82, 2.24) is 0 Å². The normalized spacial score (nSPS) is 12.4. The van der Waals surface area contributed by atoms with Crippen LogP contribution in [-0.2, 0) is 4.79 Å². The zero-order valence-electron chi connectivity index (χ0n) is 7.35. The molecule has 0 bridgehead atoms. The Balaban J connectivity index is 3.08. The number of hydrogen-bond donors (Lipinski definition) is 3. The highest BCUT2D eigenvalue weighted by atomic mass is 32.1. The monoisotopic (exact) mass is 215 g/mol. The summed E-state index contributed by atoms with van der Waals surface area (Å²) in [5.41, 5.74) is 5.87. The first-order valence-corrected chi connectivity index (χ1v) is 4.57. The van der Waals surface area contributed by atoms with E-state index in [9.17, 15) is 9.59 Å². The molecule has 1 heterocycles. The number of aliphatic carboxylic acids is 1. The first kappa shape index (κ1) is 10.7. The van der Waals surface area contributed by atoms with Gasteiger partial charge >= 0.3 is 11.9 Å². The Labute approximate surface area is 83.8 Å². The van der Waals surface area contributed by atoms with Crippen molar-refractivity contribution < 1.29 is 19.8 Å². The summed E-state index contributed by atoms with van der Waals surface area (Å²) in [6.07, 6.45) is 0. The van der Waals surface area contributed by atoms with Crippen LogP contribution in [0, 0.1) is 6.92 Å². The molecule has 0 saturated heterocycles. The van der Waals surface area contributed by atoms with Gasteiger partial charge in [0.05, 0.1) is 0 Å². The van der Waals surface area contributed by atoms with Crippen LogP contribution in [0.25, 0.3) is 0 Å². The van der Waals surface area contributed by atoms with Gasteiger partial charge in [0.2, 0.25) is 0 Å². The van der Waals surface area contributed by atoms with Crippen molar-refractivity contribution in [3.8, 4) is 0 Å². The summed E-state index contributed by atoms with van der Waals surface area (Å²) in [5.74, 6) is -2.22. The van der Waals surface area contributed by atoms with Crippen LogP contribution < -0.4 is 5.73 Å². The molecular weight excluding hydrogens is 206 g/mol. The van der Waals surface area contributed by atoms with Crippen LogP contribution in [0.15, 0.2) is 6.07 Å². The van der Waals surface area contributed by atoms with Gasteiger partial charge < -0.3 is 15.9 Å². The number of carboxylic acids is 2. The summed E-state index contributed by atoms with van der Waals surface area (Å²) in [7, 11) is 0. The van der Waals surface area contributed by atoms with Gasteiger partial charge in [-0.25, -0.2) is 4.79 Å². The molecular formula is C8H9NO4S. The quantitative estimate of drug-likeness (QED) is 0.693. The molecule has 0 saturated carbocycles. The summed E-state index contributed by atoms with van der Waals surface area (Å²) < 4.78 is 0. The molecule has 5 nitrogen and oxygen atoms in total. The Hall–Kier alpha value is -1.40. The first-order chi connectivity index (χ1) is 6.43. The van der Waals surface area contributed by atoms with Crippen LogP contribution in [-0.4, -0.2) is 22.2 Å². The molecule has 0 radical (unpaired) electrons. The fourth-order valence-electron chi connectivity index (χ4n) is 0.994. The maximum absolute atomic E-state index is 10.6. The maximum Gasteiger partial charge on any atom is 0.346 e. The molecule has 14 heavy (non-hydrogen) atoms. The molecule has 6 heteroatoms. The molecule has 1 aromatic rings. The minimum atomic E-state index is -1.16. The Morgan fingerprint density at radius 3 is 2.43 bits per heavy atom. The van der Waals surface area contributed by atoms with Gasteiger partial charge in [-0.3, -0.25) is 4.79 Å². The summed E-state index contributed by atoms with van der Waals surface area (Å²) in [6, 6.07) is 0.346. The Kier molecular flexibility index (Phi) is 2.87. The average molecular weight is 215 g/mol. The Bertz CT molecular complexity index is 385. The molecule has 1 rings (SSSR count). The van der Waals surface area contributed by atoms with E-state index in [2.05, 4.69) is 0 Å². The predicted octanol–water partition coefficient (Wildman–Crippen LogP) is 0.839. The van der Waals surface area contributed by atoms with E-state index in [1.807, 2.05) is 0 Å². The second-order valence-electron chi connectivity index (χ2n) is 2.78. The van der Waals surface area contributed by atoms with Gasteiger partial charge in [-0.15, -0.1) is 11.3 Å². The van der Waals surface area contributed by atoms with Crippen molar-refractivity contribution in [2.45, 2.75) is 13.0 Å². The number of rotatable bonds is 3. The third-order valence-electron chi connectivity index (χ3n) is 1.70. The number of carbonyl (C=O) groups is 2. The number of aromatic carboxylic acids is 1. The maximum atomic E-state index is 10.6. The third kappa shape index (κ3) is 1.91. The van der Waals surface area contributed by atoms with Crippen molar-refractivity contribution in [3.63, 3.8) is 0 Å². The lowest BCUT2D eigenvalue weighted by Crippen LogP contribution is -2.19. The number of nitrogens with two attached hydrogens (primary N) is 1. The molecule has 0 aliphatic heterocycles. The summed E-state index contributed by atoms with van der Waals surface area (Å²) in [6.45, 7) is 1.61. The van der Waals surface area contributed by atoms with Gasteiger partial charge in [0.15, 0.2) is 0 Å². The molecule has 0 aliphatic rings. The van der Waals surface area contributed by atoms with Crippen LogP contribution in [0.5, 0.6) is 0 Å². The number of carboxylic acid groups (broad SMARTS) is 2.